The van der Waals surface area contributed by atoms with E-state index in [4.69, 9.17) is 9.26 Å². The monoisotopic (exact) mass is 306 g/mol. The first-order valence-electron chi connectivity index (χ1n) is 7.36. The zero-order valence-electron chi connectivity index (χ0n) is 13.5. The van der Waals surface area contributed by atoms with Crippen LogP contribution < -0.4 is 5.32 Å². The molecule has 0 saturated carbocycles. The molecule has 0 unspecified atom stereocenters. The third-order valence-corrected chi connectivity index (χ3v) is 3.47. The lowest BCUT2D eigenvalue weighted by atomic mass is 10.2. The van der Waals surface area contributed by atoms with Crippen molar-refractivity contribution < 1.29 is 14.1 Å². The van der Waals surface area contributed by atoms with E-state index in [1.54, 1.807) is 24.9 Å². The van der Waals surface area contributed by atoms with E-state index < -0.39 is 0 Å². The molecule has 120 valence electrons. The Morgan fingerprint density at radius 1 is 1.45 bits per heavy atom. The van der Waals surface area contributed by atoms with Gasteiger partial charge in [-0.3, -0.25) is 4.79 Å². The number of anilines is 1. The topological polar surface area (TPSA) is 82.2 Å². The summed E-state index contributed by atoms with van der Waals surface area (Å²) >= 11 is 0. The molecule has 0 aliphatic rings. The number of unbranched alkanes of at least 4 members (excludes halogenated alkanes) is 1. The fourth-order valence-corrected chi connectivity index (χ4v) is 2.17. The van der Waals surface area contributed by atoms with Crippen LogP contribution >= 0.6 is 0 Å². The molecule has 7 heteroatoms. The summed E-state index contributed by atoms with van der Waals surface area (Å²) in [5.41, 5.74) is 1.83. The summed E-state index contributed by atoms with van der Waals surface area (Å²) < 4.78 is 12.0. The average Bonchev–Trinajstić information content (AvgIpc) is 3.03. The van der Waals surface area contributed by atoms with Crippen LogP contribution in [0.3, 0.4) is 0 Å². The Morgan fingerprint density at radius 3 is 2.91 bits per heavy atom. The van der Waals surface area contributed by atoms with Crippen molar-refractivity contribution in [3.8, 4) is 0 Å². The van der Waals surface area contributed by atoms with Crippen LogP contribution in [-0.2, 0) is 17.9 Å². The number of aromatic nitrogens is 3. The SMILES string of the molecule is CCCCn1ncc(C)c1NC(=O)c1noc(C)c1COC. The maximum atomic E-state index is 12.5. The minimum Gasteiger partial charge on any atom is -0.380 e. The van der Waals surface area contributed by atoms with Crippen LogP contribution in [0.15, 0.2) is 10.7 Å². The van der Waals surface area contributed by atoms with Crippen molar-refractivity contribution in [3.63, 3.8) is 0 Å². The van der Waals surface area contributed by atoms with Gasteiger partial charge in [-0.15, -0.1) is 0 Å². The number of rotatable bonds is 7. The molecule has 0 fully saturated rings. The van der Waals surface area contributed by atoms with Gasteiger partial charge in [0.25, 0.3) is 5.91 Å². The summed E-state index contributed by atoms with van der Waals surface area (Å²) in [6.07, 6.45) is 3.81. The summed E-state index contributed by atoms with van der Waals surface area (Å²) in [6.45, 7) is 6.84. The van der Waals surface area contributed by atoms with E-state index in [2.05, 4.69) is 22.5 Å². The van der Waals surface area contributed by atoms with Crippen LogP contribution in [0.5, 0.6) is 0 Å². The number of ether oxygens (including phenoxy) is 1. The van der Waals surface area contributed by atoms with Gasteiger partial charge in [-0.05, 0) is 20.3 Å². The van der Waals surface area contributed by atoms with Crippen molar-refractivity contribution in [2.75, 3.05) is 12.4 Å². The second-order valence-electron chi connectivity index (χ2n) is 5.21. The number of hydrogen-bond acceptors (Lipinski definition) is 5. The highest BCUT2D eigenvalue weighted by Gasteiger charge is 2.21. The van der Waals surface area contributed by atoms with Crippen LogP contribution in [0, 0.1) is 13.8 Å². The van der Waals surface area contributed by atoms with Crippen LogP contribution in [-0.4, -0.2) is 28.0 Å². The third-order valence-electron chi connectivity index (χ3n) is 3.47. The lowest BCUT2D eigenvalue weighted by Gasteiger charge is -2.09. The summed E-state index contributed by atoms with van der Waals surface area (Å²) in [7, 11) is 1.57. The van der Waals surface area contributed by atoms with Crippen molar-refractivity contribution in [2.24, 2.45) is 0 Å². The molecule has 0 aromatic carbocycles. The van der Waals surface area contributed by atoms with Crippen LogP contribution in [0.4, 0.5) is 5.82 Å². The first kappa shape index (κ1) is 16.2. The normalized spacial score (nSPS) is 10.9. The molecule has 0 atom stereocenters. The van der Waals surface area contributed by atoms with Crippen molar-refractivity contribution in [3.05, 3.63) is 28.8 Å². The Balaban J connectivity index is 2.20. The smallest absolute Gasteiger partial charge is 0.279 e. The molecular formula is C15H22N4O3. The Kier molecular flexibility index (Phi) is 5.32. The summed E-state index contributed by atoms with van der Waals surface area (Å²) in [4.78, 5) is 12.5. The molecule has 7 nitrogen and oxygen atoms in total. The van der Waals surface area contributed by atoms with Crippen LogP contribution in [0.2, 0.25) is 0 Å². The van der Waals surface area contributed by atoms with Crippen LogP contribution in [0.25, 0.3) is 0 Å². The molecule has 0 spiro atoms. The molecule has 22 heavy (non-hydrogen) atoms. The minimum atomic E-state index is -0.315. The molecule has 2 aromatic heterocycles. The predicted octanol–water partition coefficient (Wildman–Crippen LogP) is 2.69. The molecule has 0 saturated heterocycles. The Hall–Kier alpha value is -2.15. The first-order chi connectivity index (χ1) is 10.6. The number of nitrogens with zero attached hydrogens (tertiary/aromatic N) is 3. The fraction of sp³-hybridized carbons (Fsp3) is 0.533. The highest BCUT2D eigenvalue weighted by atomic mass is 16.5. The number of methoxy groups -OCH3 is 1. The van der Waals surface area contributed by atoms with Gasteiger partial charge < -0.3 is 14.6 Å². The zero-order chi connectivity index (χ0) is 16.1. The van der Waals surface area contributed by atoms with Gasteiger partial charge in [0.1, 0.15) is 11.6 Å². The molecule has 1 N–H and O–H groups in total. The molecule has 2 heterocycles. The first-order valence-corrected chi connectivity index (χ1v) is 7.36. The van der Waals surface area contributed by atoms with E-state index in [-0.39, 0.29) is 18.2 Å². The van der Waals surface area contributed by atoms with Gasteiger partial charge in [0.15, 0.2) is 5.69 Å². The van der Waals surface area contributed by atoms with E-state index >= 15 is 0 Å². The number of amides is 1. The maximum absolute atomic E-state index is 12.5. The molecule has 0 bridgehead atoms. The minimum absolute atomic E-state index is 0.252. The second kappa shape index (κ2) is 7.22. The van der Waals surface area contributed by atoms with Crippen LogP contribution in [0.1, 0.15) is 47.1 Å². The molecule has 0 aliphatic carbocycles. The average molecular weight is 306 g/mol. The van der Waals surface area contributed by atoms with Crippen molar-refractivity contribution in [2.45, 2.75) is 46.8 Å². The lowest BCUT2D eigenvalue weighted by molar-refractivity contribution is 0.101. The van der Waals surface area contributed by atoms with Gasteiger partial charge in [-0.2, -0.15) is 5.10 Å². The molecule has 0 aliphatic heterocycles. The summed E-state index contributed by atoms with van der Waals surface area (Å²) in [5.74, 6) is 0.968. The number of hydrogen-bond donors (Lipinski definition) is 1. The number of carbonyl (C=O) groups excluding carboxylic acids is 1. The Labute approximate surface area is 129 Å². The largest absolute Gasteiger partial charge is 0.380 e. The standard InChI is InChI=1S/C15H22N4O3/c1-5-6-7-19-14(10(2)8-16-19)17-15(20)13-12(9-21-4)11(3)22-18-13/h8H,5-7,9H2,1-4H3,(H,17,20). The van der Waals surface area contributed by atoms with Gasteiger partial charge >= 0.3 is 0 Å². The molecule has 2 rings (SSSR count). The highest BCUT2D eigenvalue weighted by Crippen LogP contribution is 2.19. The van der Waals surface area contributed by atoms with Crippen molar-refractivity contribution >= 4 is 11.7 Å². The Bertz CT molecular complexity index is 645. The summed E-state index contributed by atoms with van der Waals surface area (Å²) in [6, 6.07) is 0. The van der Waals surface area contributed by atoms with E-state index in [9.17, 15) is 4.79 Å². The number of nitrogens with one attached hydrogen (secondary N) is 1. The molecule has 1 amide bonds. The van der Waals surface area contributed by atoms with Crippen molar-refractivity contribution in [1.29, 1.82) is 0 Å². The number of carbonyl (C=O) groups is 1. The maximum Gasteiger partial charge on any atom is 0.279 e. The zero-order valence-corrected chi connectivity index (χ0v) is 13.5. The van der Waals surface area contributed by atoms with E-state index in [1.165, 1.54) is 0 Å². The van der Waals surface area contributed by atoms with Crippen molar-refractivity contribution in [1.82, 2.24) is 14.9 Å². The van der Waals surface area contributed by atoms with Gasteiger partial charge in [-0.1, -0.05) is 18.5 Å². The van der Waals surface area contributed by atoms with E-state index in [0.29, 0.717) is 17.1 Å². The molecular weight excluding hydrogens is 284 g/mol. The van der Waals surface area contributed by atoms with Gasteiger partial charge in [0.2, 0.25) is 0 Å². The van der Waals surface area contributed by atoms with Gasteiger partial charge in [-0.25, -0.2) is 4.68 Å². The van der Waals surface area contributed by atoms with Gasteiger partial charge in [0, 0.05) is 19.2 Å². The van der Waals surface area contributed by atoms with E-state index in [1.807, 2.05) is 6.92 Å². The summed E-state index contributed by atoms with van der Waals surface area (Å²) in [5, 5.41) is 11.0. The second-order valence-corrected chi connectivity index (χ2v) is 5.21. The molecule has 2 aromatic rings. The van der Waals surface area contributed by atoms with Gasteiger partial charge in [0.05, 0.1) is 18.4 Å². The predicted molar refractivity (Wildman–Crippen MR) is 81.8 cm³/mol. The highest BCUT2D eigenvalue weighted by molar-refractivity contribution is 6.03. The fourth-order valence-electron chi connectivity index (χ4n) is 2.17. The Morgan fingerprint density at radius 2 is 2.23 bits per heavy atom. The molecule has 0 radical (unpaired) electrons. The quantitative estimate of drug-likeness (QED) is 0.850. The third kappa shape index (κ3) is 3.36. The lowest BCUT2D eigenvalue weighted by Crippen LogP contribution is -2.18. The van der Waals surface area contributed by atoms with E-state index in [0.717, 1.165) is 24.9 Å². The number of aryl methyl sites for hydroxylation is 3.